The summed E-state index contributed by atoms with van der Waals surface area (Å²) in [5, 5.41) is 8.99. The van der Waals surface area contributed by atoms with Crippen molar-refractivity contribution in [2.45, 2.75) is 13.3 Å². The van der Waals surface area contributed by atoms with Crippen LogP contribution >= 0.6 is 11.8 Å². The second-order valence-corrected chi connectivity index (χ2v) is 9.96. The van der Waals surface area contributed by atoms with Crippen molar-refractivity contribution in [2.75, 3.05) is 24.3 Å². The van der Waals surface area contributed by atoms with E-state index >= 15 is 0 Å². The number of alkyl halides is 3. The number of hydrogen-bond donors (Lipinski definition) is 1. The Morgan fingerprint density at radius 2 is 1.81 bits per heavy atom. The topological polar surface area (TPSA) is 106 Å². The molecule has 2 heterocycles. The molecule has 1 aliphatic rings. The molecule has 4 aromatic rings. The van der Waals surface area contributed by atoms with Gasteiger partial charge in [-0.1, -0.05) is 36.0 Å². The number of carbonyl (C=O) groups excluding carboxylic acids is 1. The summed E-state index contributed by atoms with van der Waals surface area (Å²) in [6.45, 7) is 2.71. The molecule has 0 atom stereocenters. The Morgan fingerprint density at radius 1 is 1.07 bits per heavy atom. The minimum Gasteiger partial charge on any atom is -0.497 e. The number of carbonyl (C=O) groups is 1. The van der Waals surface area contributed by atoms with Crippen LogP contribution in [0.4, 0.5) is 23.7 Å². The highest BCUT2D eigenvalue weighted by molar-refractivity contribution is 8.14. The van der Waals surface area contributed by atoms with Gasteiger partial charge in [0.05, 0.1) is 19.0 Å². The van der Waals surface area contributed by atoms with Gasteiger partial charge in [0.15, 0.2) is 11.0 Å². The van der Waals surface area contributed by atoms with Crippen LogP contribution in [0.25, 0.3) is 17.1 Å². The SMILES string of the molecule is COc1ccc(N2CCS/C2=N\C(=O)N/N=C/c2ccc(-c3ncn(-c4ccc(OC(F)(F)F)cc4)n3)cc2)c(C)c1. The molecule has 1 saturated heterocycles. The Balaban J connectivity index is 1.18. The van der Waals surface area contributed by atoms with E-state index in [9.17, 15) is 18.0 Å². The molecular weight excluding hydrogens is 571 g/mol. The van der Waals surface area contributed by atoms with E-state index < -0.39 is 12.4 Å². The Hall–Kier alpha value is -4.85. The Morgan fingerprint density at radius 3 is 2.50 bits per heavy atom. The fraction of sp³-hybridized carbons (Fsp3) is 0.179. The zero-order valence-electron chi connectivity index (χ0n) is 22.4. The lowest BCUT2D eigenvalue weighted by Gasteiger charge is -2.20. The summed E-state index contributed by atoms with van der Waals surface area (Å²) in [7, 11) is 1.62. The number of ether oxygens (including phenoxy) is 2. The van der Waals surface area contributed by atoms with Gasteiger partial charge < -0.3 is 14.4 Å². The number of benzene rings is 3. The summed E-state index contributed by atoms with van der Waals surface area (Å²) >= 11 is 1.50. The van der Waals surface area contributed by atoms with E-state index in [0.29, 0.717) is 22.2 Å². The fourth-order valence-corrected chi connectivity index (χ4v) is 5.04. The lowest BCUT2D eigenvalue weighted by Crippen LogP contribution is -2.26. The molecule has 0 saturated carbocycles. The molecule has 0 unspecified atom stereocenters. The van der Waals surface area contributed by atoms with E-state index in [0.717, 1.165) is 34.9 Å². The second-order valence-electron chi connectivity index (χ2n) is 8.90. The first-order valence-corrected chi connectivity index (χ1v) is 13.5. The standard InChI is InChI=1S/C28H24F3N7O3S/c1-18-15-23(40-2)11-12-24(18)37-13-14-42-27(37)34-26(39)35-33-16-19-3-5-20(6-4-19)25-32-17-38(36-25)21-7-9-22(10-8-21)41-28(29,30)31/h3-12,15-17H,13-14H2,1-2H3,(H,35,39)/b33-16+,34-27-. The van der Waals surface area contributed by atoms with Gasteiger partial charge in [-0.05, 0) is 60.5 Å². The van der Waals surface area contributed by atoms with Gasteiger partial charge in [0.25, 0.3) is 0 Å². The number of methoxy groups -OCH3 is 1. The summed E-state index contributed by atoms with van der Waals surface area (Å²) in [4.78, 5) is 22.9. The number of halogens is 3. The average Bonchev–Trinajstić information content (AvgIpc) is 3.63. The Labute approximate surface area is 242 Å². The van der Waals surface area contributed by atoms with Crippen molar-refractivity contribution in [3.8, 4) is 28.6 Å². The molecular formula is C28H24F3N7O3S. The first-order valence-electron chi connectivity index (χ1n) is 12.5. The Kier molecular flexibility index (Phi) is 8.43. The molecule has 1 aliphatic heterocycles. The minimum absolute atomic E-state index is 0.324. The number of amides is 2. The van der Waals surface area contributed by atoms with Gasteiger partial charge in [-0.3, -0.25) is 0 Å². The maximum atomic E-state index is 12.4. The number of aryl methyl sites for hydroxylation is 1. The highest BCUT2D eigenvalue weighted by Crippen LogP contribution is 2.31. The summed E-state index contributed by atoms with van der Waals surface area (Å²) in [6.07, 6.45) is -1.81. The van der Waals surface area contributed by atoms with Crippen LogP contribution in [0.2, 0.25) is 0 Å². The number of anilines is 1. The summed E-state index contributed by atoms with van der Waals surface area (Å²) < 4.78 is 47.7. The number of urea groups is 1. The molecule has 10 nitrogen and oxygen atoms in total. The molecule has 3 aromatic carbocycles. The first kappa shape index (κ1) is 28.7. The van der Waals surface area contributed by atoms with Gasteiger partial charge in [0.2, 0.25) is 0 Å². The van der Waals surface area contributed by atoms with E-state index in [1.54, 1.807) is 31.4 Å². The van der Waals surface area contributed by atoms with Crippen molar-refractivity contribution in [2.24, 2.45) is 10.1 Å². The van der Waals surface area contributed by atoms with Crippen molar-refractivity contribution in [1.82, 2.24) is 20.2 Å². The number of thioether (sulfide) groups is 1. The molecule has 14 heteroatoms. The molecule has 0 spiro atoms. The van der Waals surface area contributed by atoms with Crippen LogP contribution in [0.15, 0.2) is 83.2 Å². The third-order valence-electron chi connectivity index (χ3n) is 6.04. The number of nitrogens with one attached hydrogen (secondary N) is 1. The van der Waals surface area contributed by atoms with E-state index in [2.05, 4.69) is 30.3 Å². The third kappa shape index (κ3) is 7.07. The highest BCUT2D eigenvalue weighted by Gasteiger charge is 2.31. The van der Waals surface area contributed by atoms with Crippen LogP contribution in [0.3, 0.4) is 0 Å². The largest absolute Gasteiger partial charge is 0.573 e. The molecule has 1 N–H and O–H groups in total. The summed E-state index contributed by atoms with van der Waals surface area (Å²) in [5.74, 6) is 1.67. The number of aromatic nitrogens is 3. The minimum atomic E-state index is -4.76. The molecule has 42 heavy (non-hydrogen) atoms. The molecule has 0 aliphatic carbocycles. The molecule has 216 valence electrons. The number of nitrogens with zero attached hydrogens (tertiary/aromatic N) is 6. The smallest absolute Gasteiger partial charge is 0.497 e. The normalized spacial score (nSPS) is 14.5. The van der Waals surface area contributed by atoms with Crippen LogP contribution in [0.1, 0.15) is 11.1 Å². The zero-order valence-corrected chi connectivity index (χ0v) is 23.2. The van der Waals surface area contributed by atoms with E-state index in [4.69, 9.17) is 4.74 Å². The number of aliphatic imine (C=N–C) groups is 1. The molecule has 1 aromatic heterocycles. The zero-order chi connectivity index (χ0) is 29.7. The molecule has 2 amide bonds. The van der Waals surface area contributed by atoms with Crippen molar-refractivity contribution < 1.29 is 27.4 Å². The van der Waals surface area contributed by atoms with Crippen LogP contribution < -0.4 is 19.8 Å². The quantitative estimate of drug-likeness (QED) is 0.213. The van der Waals surface area contributed by atoms with Gasteiger partial charge in [0, 0.05) is 23.5 Å². The van der Waals surface area contributed by atoms with Crippen LogP contribution in [0, 0.1) is 6.92 Å². The van der Waals surface area contributed by atoms with E-state index in [-0.39, 0.29) is 5.75 Å². The van der Waals surface area contributed by atoms with Crippen molar-refractivity contribution in [1.29, 1.82) is 0 Å². The predicted molar refractivity (Wildman–Crippen MR) is 155 cm³/mol. The summed E-state index contributed by atoms with van der Waals surface area (Å²) in [5.41, 5.74) is 6.36. The van der Waals surface area contributed by atoms with Crippen LogP contribution in [-0.2, 0) is 0 Å². The van der Waals surface area contributed by atoms with Gasteiger partial charge in [-0.15, -0.1) is 18.3 Å². The second kappa shape index (κ2) is 12.3. The number of rotatable bonds is 7. The molecule has 1 fully saturated rings. The van der Waals surface area contributed by atoms with Gasteiger partial charge in [-0.25, -0.2) is 19.9 Å². The number of hydrazone groups is 1. The maximum absolute atomic E-state index is 12.4. The van der Waals surface area contributed by atoms with Gasteiger partial charge >= 0.3 is 12.4 Å². The number of amidine groups is 1. The lowest BCUT2D eigenvalue weighted by molar-refractivity contribution is -0.274. The van der Waals surface area contributed by atoms with Crippen LogP contribution in [-0.4, -0.2) is 57.9 Å². The predicted octanol–water partition coefficient (Wildman–Crippen LogP) is 5.80. The van der Waals surface area contributed by atoms with Crippen molar-refractivity contribution >= 4 is 34.9 Å². The highest BCUT2D eigenvalue weighted by atomic mass is 32.2. The Bertz CT molecular complexity index is 1620. The molecule has 0 radical (unpaired) electrons. The van der Waals surface area contributed by atoms with Crippen molar-refractivity contribution in [3.05, 3.63) is 84.2 Å². The third-order valence-corrected chi connectivity index (χ3v) is 6.99. The first-order chi connectivity index (χ1) is 20.2. The maximum Gasteiger partial charge on any atom is 0.573 e. The van der Waals surface area contributed by atoms with E-state index in [1.165, 1.54) is 53.3 Å². The lowest BCUT2D eigenvalue weighted by atomic mass is 10.1. The molecule has 0 bridgehead atoms. The van der Waals surface area contributed by atoms with Gasteiger partial charge in [0.1, 0.15) is 17.8 Å². The summed E-state index contributed by atoms with van der Waals surface area (Å²) in [6, 6.07) is 17.6. The van der Waals surface area contributed by atoms with Crippen molar-refractivity contribution in [3.63, 3.8) is 0 Å². The van der Waals surface area contributed by atoms with E-state index in [1.807, 2.05) is 30.0 Å². The van der Waals surface area contributed by atoms with Crippen LogP contribution in [0.5, 0.6) is 11.5 Å². The monoisotopic (exact) mass is 595 g/mol. The molecule has 5 rings (SSSR count). The van der Waals surface area contributed by atoms with Gasteiger partial charge in [-0.2, -0.15) is 10.1 Å². The fourth-order valence-electron chi connectivity index (χ4n) is 4.09. The number of hydrogen-bond acceptors (Lipinski definition) is 7. The average molecular weight is 596 g/mol.